The second-order valence-electron chi connectivity index (χ2n) is 5.08. The van der Waals surface area contributed by atoms with Crippen LogP contribution in [0.3, 0.4) is 0 Å². The molecule has 0 spiro atoms. The Labute approximate surface area is 90.8 Å². The van der Waals surface area contributed by atoms with E-state index in [0.717, 1.165) is 25.9 Å². The SMILES string of the molecule is CC1(N)CN(C(=O)CCC2CCCO2)C1. The van der Waals surface area contributed by atoms with Crippen molar-refractivity contribution in [1.29, 1.82) is 0 Å². The Morgan fingerprint density at radius 1 is 1.60 bits per heavy atom. The molecule has 2 N–H and O–H groups in total. The number of ether oxygens (including phenoxy) is 1. The van der Waals surface area contributed by atoms with E-state index < -0.39 is 0 Å². The average molecular weight is 212 g/mol. The first-order valence-corrected chi connectivity index (χ1v) is 5.75. The summed E-state index contributed by atoms with van der Waals surface area (Å²) in [4.78, 5) is 13.5. The van der Waals surface area contributed by atoms with Crippen molar-refractivity contribution in [3.8, 4) is 0 Å². The van der Waals surface area contributed by atoms with Gasteiger partial charge in [-0.05, 0) is 26.2 Å². The molecule has 4 nitrogen and oxygen atoms in total. The van der Waals surface area contributed by atoms with Crippen LogP contribution < -0.4 is 5.73 Å². The van der Waals surface area contributed by atoms with E-state index >= 15 is 0 Å². The maximum absolute atomic E-state index is 11.7. The molecule has 1 unspecified atom stereocenters. The molecule has 2 rings (SSSR count). The summed E-state index contributed by atoms with van der Waals surface area (Å²) >= 11 is 0. The second kappa shape index (κ2) is 4.10. The number of likely N-dealkylation sites (tertiary alicyclic amines) is 1. The van der Waals surface area contributed by atoms with Gasteiger partial charge in [-0.3, -0.25) is 4.79 Å². The van der Waals surface area contributed by atoms with E-state index in [1.165, 1.54) is 0 Å². The van der Waals surface area contributed by atoms with Crippen LogP contribution in [0.4, 0.5) is 0 Å². The fourth-order valence-electron chi connectivity index (χ4n) is 2.32. The fourth-order valence-corrected chi connectivity index (χ4v) is 2.32. The Kier molecular flexibility index (Phi) is 2.98. The Morgan fingerprint density at radius 2 is 2.33 bits per heavy atom. The normalized spacial score (nSPS) is 28.9. The molecular weight excluding hydrogens is 192 g/mol. The zero-order chi connectivity index (χ0) is 10.9. The van der Waals surface area contributed by atoms with Crippen molar-refractivity contribution in [3.63, 3.8) is 0 Å². The lowest BCUT2D eigenvalue weighted by atomic mass is 9.93. The summed E-state index contributed by atoms with van der Waals surface area (Å²) < 4.78 is 5.48. The second-order valence-corrected chi connectivity index (χ2v) is 5.08. The predicted molar refractivity (Wildman–Crippen MR) is 57.4 cm³/mol. The number of hydrogen-bond acceptors (Lipinski definition) is 3. The van der Waals surface area contributed by atoms with Crippen LogP contribution >= 0.6 is 0 Å². The summed E-state index contributed by atoms with van der Waals surface area (Å²) in [6, 6.07) is 0. The number of carbonyl (C=O) groups is 1. The highest BCUT2D eigenvalue weighted by Gasteiger charge is 2.37. The largest absolute Gasteiger partial charge is 0.378 e. The molecule has 2 fully saturated rings. The van der Waals surface area contributed by atoms with E-state index in [1.54, 1.807) is 0 Å². The summed E-state index contributed by atoms with van der Waals surface area (Å²) in [5.41, 5.74) is 5.70. The minimum Gasteiger partial charge on any atom is -0.378 e. The van der Waals surface area contributed by atoms with Crippen LogP contribution in [0, 0.1) is 0 Å². The highest BCUT2D eigenvalue weighted by atomic mass is 16.5. The molecule has 86 valence electrons. The van der Waals surface area contributed by atoms with Crippen molar-refractivity contribution in [2.45, 2.75) is 44.2 Å². The van der Waals surface area contributed by atoms with Crippen molar-refractivity contribution >= 4 is 5.91 Å². The minimum absolute atomic E-state index is 0.153. The maximum Gasteiger partial charge on any atom is 0.222 e. The van der Waals surface area contributed by atoms with Gasteiger partial charge in [0, 0.05) is 31.7 Å². The van der Waals surface area contributed by atoms with Crippen LogP contribution in [-0.2, 0) is 9.53 Å². The maximum atomic E-state index is 11.7. The molecule has 2 heterocycles. The summed E-state index contributed by atoms with van der Waals surface area (Å²) in [6.45, 7) is 4.26. The van der Waals surface area contributed by atoms with Gasteiger partial charge in [-0.15, -0.1) is 0 Å². The van der Waals surface area contributed by atoms with Crippen LogP contribution in [0.1, 0.15) is 32.6 Å². The molecule has 0 aromatic rings. The predicted octanol–water partition coefficient (Wildman–Crippen LogP) is 0.505. The summed E-state index contributed by atoms with van der Waals surface area (Å²) in [5.74, 6) is 0.230. The molecule has 0 saturated carbocycles. The van der Waals surface area contributed by atoms with Crippen LogP contribution in [-0.4, -0.2) is 42.1 Å². The van der Waals surface area contributed by atoms with Crippen molar-refractivity contribution in [3.05, 3.63) is 0 Å². The van der Waals surface area contributed by atoms with Crippen LogP contribution in [0.2, 0.25) is 0 Å². The van der Waals surface area contributed by atoms with Crippen LogP contribution in [0.25, 0.3) is 0 Å². The first kappa shape index (κ1) is 10.9. The van der Waals surface area contributed by atoms with Crippen LogP contribution in [0.15, 0.2) is 0 Å². The van der Waals surface area contributed by atoms with Gasteiger partial charge in [-0.1, -0.05) is 0 Å². The quantitative estimate of drug-likeness (QED) is 0.741. The Morgan fingerprint density at radius 3 is 2.87 bits per heavy atom. The van der Waals surface area contributed by atoms with Crippen molar-refractivity contribution < 1.29 is 9.53 Å². The molecule has 0 aromatic carbocycles. The third-order valence-corrected chi connectivity index (χ3v) is 3.16. The third kappa shape index (κ3) is 2.69. The van der Waals surface area contributed by atoms with Gasteiger partial charge in [0.25, 0.3) is 0 Å². The standard InChI is InChI=1S/C11H20N2O2/c1-11(12)7-13(8-11)10(14)5-4-9-3-2-6-15-9/h9H,2-8,12H2,1H3. The third-order valence-electron chi connectivity index (χ3n) is 3.16. The molecule has 0 radical (unpaired) electrons. The van der Waals surface area contributed by atoms with E-state index in [2.05, 4.69) is 0 Å². The molecule has 0 aromatic heterocycles. The highest BCUT2D eigenvalue weighted by molar-refractivity contribution is 5.77. The molecule has 1 atom stereocenters. The van der Waals surface area contributed by atoms with E-state index in [1.807, 2.05) is 11.8 Å². The van der Waals surface area contributed by atoms with Gasteiger partial charge in [0.2, 0.25) is 5.91 Å². The van der Waals surface area contributed by atoms with E-state index in [4.69, 9.17) is 10.5 Å². The van der Waals surface area contributed by atoms with E-state index in [0.29, 0.717) is 25.6 Å². The highest BCUT2D eigenvalue weighted by Crippen LogP contribution is 2.21. The zero-order valence-electron chi connectivity index (χ0n) is 9.37. The smallest absolute Gasteiger partial charge is 0.222 e. The van der Waals surface area contributed by atoms with Gasteiger partial charge in [-0.25, -0.2) is 0 Å². The first-order chi connectivity index (χ1) is 7.07. The average Bonchev–Trinajstić information content (AvgIpc) is 2.62. The van der Waals surface area contributed by atoms with Crippen molar-refractivity contribution in [2.75, 3.05) is 19.7 Å². The van der Waals surface area contributed by atoms with Gasteiger partial charge in [-0.2, -0.15) is 0 Å². The van der Waals surface area contributed by atoms with E-state index in [9.17, 15) is 4.79 Å². The number of carbonyl (C=O) groups excluding carboxylic acids is 1. The Balaban J connectivity index is 1.65. The van der Waals surface area contributed by atoms with Gasteiger partial charge < -0.3 is 15.4 Å². The molecule has 2 saturated heterocycles. The molecule has 0 aliphatic carbocycles. The van der Waals surface area contributed by atoms with Crippen molar-refractivity contribution in [2.24, 2.45) is 5.73 Å². The number of nitrogens with two attached hydrogens (primary N) is 1. The summed E-state index contributed by atoms with van der Waals surface area (Å²) in [5, 5.41) is 0. The monoisotopic (exact) mass is 212 g/mol. The fraction of sp³-hybridized carbons (Fsp3) is 0.909. The first-order valence-electron chi connectivity index (χ1n) is 5.75. The Hall–Kier alpha value is -0.610. The number of hydrogen-bond donors (Lipinski definition) is 1. The van der Waals surface area contributed by atoms with Crippen molar-refractivity contribution in [1.82, 2.24) is 4.90 Å². The topological polar surface area (TPSA) is 55.6 Å². The number of nitrogens with zero attached hydrogens (tertiary/aromatic N) is 1. The van der Waals surface area contributed by atoms with Gasteiger partial charge in [0.15, 0.2) is 0 Å². The molecule has 1 amide bonds. The lowest BCUT2D eigenvalue weighted by Gasteiger charge is -2.45. The lowest BCUT2D eigenvalue weighted by Crippen LogP contribution is -2.66. The van der Waals surface area contributed by atoms with Gasteiger partial charge in [0.05, 0.1) is 6.10 Å². The molecular formula is C11H20N2O2. The molecule has 2 aliphatic rings. The summed E-state index contributed by atoms with van der Waals surface area (Å²) in [6.07, 6.45) is 4.06. The molecule has 15 heavy (non-hydrogen) atoms. The number of amides is 1. The molecule has 2 aliphatic heterocycles. The zero-order valence-corrected chi connectivity index (χ0v) is 9.37. The Bertz CT molecular complexity index is 239. The number of rotatable bonds is 3. The van der Waals surface area contributed by atoms with Gasteiger partial charge >= 0.3 is 0 Å². The van der Waals surface area contributed by atoms with E-state index in [-0.39, 0.29) is 11.4 Å². The summed E-state index contributed by atoms with van der Waals surface area (Å²) in [7, 11) is 0. The molecule has 0 bridgehead atoms. The molecule has 4 heteroatoms. The van der Waals surface area contributed by atoms with Crippen LogP contribution in [0.5, 0.6) is 0 Å². The lowest BCUT2D eigenvalue weighted by molar-refractivity contribution is -0.138. The minimum atomic E-state index is -0.153. The van der Waals surface area contributed by atoms with Gasteiger partial charge in [0.1, 0.15) is 0 Å².